The average Bonchev–Trinajstić information content (AvgIpc) is 2.78. The van der Waals surface area contributed by atoms with Crippen molar-refractivity contribution in [3.05, 3.63) is 29.8 Å². The molecule has 0 radical (unpaired) electrons. The van der Waals surface area contributed by atoms with Crippen molar-refractivity contribution in [2.24, 2.45) is 0 Å². The summed E-state index contributed by atoms with van der Waals surface area (Å²) < 4.78 is 0. The molecule has 0 spiro atoms. The molecule has 0 aromatic heterocycles. The number of carbonyl (C=O) groups is 3. The predicted octanol–water partition coefficient (Wildman–Crippen LogP) is 0.680. The molecule has 1 aliphatic rings. The number of rotatable bonds is 3. The number of nitrogens with zero attached hydrogens (tertiary/aromatic N) is 2. The van der Waals surface area contributed by atoms with Crippen LogP contribution < -0.4 is 4.90 Å². The molecular formula is C14H16N2O4. The van der Waals surface area contributed by atoms with Gasteiger partial charge in [-0.25, -0.2) is 0 Å². The van der Waals surface area contributed by atoms with Crippen molar-refractivity contribution in [2.45, 2.75) is 12.8 Å². The molecule has 0 bridgehead atoms. The van der Waals surface area contributed by atoms with E-state index >= 15 is 0 Å². The number of carbonyl (C=O) groups excluding carboxylic acids is 2. The Morgan fingerprint density at radius 2 is 2.00 bits per heavy atom. The summed E-state index contributed by atoms with van der Waals surface area (Å²) >= 11 is 0. The molecule has 106 valence electrons. The number of likely N-dealkylation sites (N-methyl/N-ethyl adjacent to an activating group) is 1. The summed E-state index contributed by atoms with van der Waals surface area (Å²) in [7, 11) is 1.54. The summed E-state index contributed by atoms with van der Waals surface area (Å²) in [4.78, 5) is 37.4. The highest BCUT2D eigenvalue weighted by molar-refractivity contribution is 6.00. The molecule has 1 atom stereocenters. The fourth-order valence-electron chi connectivity index (χ4n) is 2.25. The summed E-state index contributed by atoms with van der Waals surface area (Å²) in [6.45, 7) is 1.43. The highest BCUT2D eigenvalue weighted by atomic mass is 16.4. The molecule has 0 unspecified atom stereocenters. The van der Waals surface area contributed by atoms with E-state index in [-0.39, 0.29) is 24.9 Å². The molecule has 0 fully saturated rings. The zero-order valence-corrected chi connectivity index (χ0v) is 11.4. The number of carboxylic acids is 1. The maximum absolute atomic E-state index is 12.2. The molecule has 1 aromatic rings. The molecule has 1 aromatic carbocycles. The molecule has 0 saturated carbocycles. The zero-order chi connectivity index (χ0) is 14.9. The molecule has 6 heteroatoms. The Morgan fingerprint density at radius 3 is 2.60 bits per heavy atom. The highest BCUT2D eigenvalue weighted by Gasteiger charge is 2.36. The first kappa shape index (κ1) is 14.0. The van der Waals surface area contributed by atoms with E-state index in [1.54, 1.807) is 24.3 Å². The Kier molecular flexibility index (Phi) is 3.74. The number of hydrogen-bond donors (Lipinski definition) is 1. The second-order valence-corrected chi connectivity index (χ2v) is 4.83. The van der Waals surface area contributed by atoms with Gasteiger partial charge in [-0.3, -0.25) is 14.4 Å². The second kappa shape index (κ2) is 5.32. The summed E-state index contributed by atoms with van der Waals surface area (Å²) in [6, 6.07) is 6.96. The molecule has 2 amide bonds. The van der Waals surface area contributed by atoms with Crippen LogP contribution in [0.4, 0.5) is 5.69 Å². The third kappa shape index (κ3) is 2.49. The fourth-order valence-corrected chi connectivity index (χ4v) is 2.25. The van der Waals surface area contributed by atoms with Gasteiger partial charge >= 0.3 is 5.97 Å². The van der Waals surface area contributed by atoms with Gasteiger partial charge in [0, 0.05) is 26.2 Å². The highest BCUT2D eigenvalue weighted by Crippen LogP contribution is 2.36. The van der Waals surface area contributed by atoms with E-state index in [1.165, 1.54) is 23.8 Å². The predicted molar refractivity (Wildman–Crippen MR) is 72.5 cm³/mol. The van der Waals surface area contributed by atoms with Crippen LogP contribution in [0.2, 0.25) is 0 Å². The number of anilines is 1. The van der Waals surface area contributed by atoms with Crippen molar-refractivity contribution in [2.75, 3.05) is 25.0 Å². The summed E-state index contributed by atoms with van der Waals surface area (Å²) in [6.07, 6.45) is 0. The third-order valence-corrected chi connectivity index (χ3v) is 3.48. The van der Waals surface area contributed by atoms with Crippen LogP contribution in [-0.4, -0.2) is 47.9 Å². The number of para-hydroxylation sites is 1. The first-order chi connectivity index (χ1) is 9.41. The molecule has 6 nitrogen and oxygen atoms in total. The molecule has 20 heavy (non-hydrogen) atoms. The quantitative estimate of drug-likeness (QED) is 0.880. The van der Waals surface area contributed by atoms with Gasteiger partial charge in [0.05, 0.1) is 6.54 Å². The zero-order valence-electron chi connectivity index (χ0n) is 11.4. The van der Waals surface area contributed by atoms with Crippen molar-refractivity contribution in [3.8, 4) is 0 Å². The lowest BCUT2D eigenvalue weighted by atomic mass is 10.0. The van der Waals surface area contributed by atoms with Gasteiger partial charge in [-0.2, -0.15) is 0 Å². The minimum atomic E-state index is -0.951. The molecule has 0 saturated heterocycles. The number of hydrogen-bond acceptors (Lipinski definition) is 3. The van der Waals surface area contributed by atoms with Gasteiger partial charge in [-0.1, -0.05) is 18.2 Å². The van der Waals surface area contributed by atoms with Crippen molar-refractivity contribution < 1.29 is 19.5 Å². The topological polar surface area (TPSA) is 77.9 Å². The van der Waals surface area contributed by atoms with Gasteiger partial charge in [0.25, 0.3) is 0 Å². The van der Waals surface area contributed by atoms with Gasteiger partial charge in [0.2, 0.25) is 11.8 Å². The standard InChI is InChI=1S/C14H16N2O4/c1-9(17)15(2)8-13(18)16-7-11(14(19)20)10-5-3-4-6-12(10)16/h3-6,11H,7-8H2,1-2H3,(H,19,20)/t11-/m1/s1. The average molecular weight is 276 g/mol. The number of fused-ring (bicyclic) bond motifs is 1. The van der Waals surface area contributed by atoms with Gasteiger partial charge < -0.3 is 14.9 Å². The normalized spacial score (nSPS) is 16.7. The van der Waals surface area contributed by atoms with Crippen molar-refractivity contribution >= 4 is 23.5 Å². The summed E-state index contributed by atoms with van der Waals surface area (Å²) in [5.74, 6) is -2.15. The van der Waals surface area contributed by atoms with Crippen LogP contribution in [-0.2, 0) is 14.4 Å². The minimum Gasteiger partial charge on any atom is -0.481 e. The third-order valence-electron chi connectivity index (χ3n) is 3.48. The van der Waals surface area contributed by atoms with Crippen LogP contribution in [0, 0.1) is 0 Å². The van der Waals surface area contributed by atoms with Crippen LogP contribution >= 0.6 is 0 Å². The number of amides is 2. The van der Waals surface area contributed by atoms with Crippen molar-refractivity contribution in [1.82, 2.24) is 4.90 Å². The Bertz CT molecular complexity index is 570. The van der Waals surface area contributed by atoms with E-state index in [0.717, 1.165) is 0 Å². The van der Waals surface area contributed by atoms with Crippen molar-refractivity contribution in [3.63, 3.8) is 0 Å². The SMILES string of the molecule is CC(=O)N(C)CC(=O)N1C[C@@H](C(=O)O)c2ccccc21. The van der Waals surface area contributed by atoms with Gasteiger partial charge in [-0.05, 0) is 11.6 Å². The van der Waals surface area contributed by atoms with E-state index in [2.05, 4.69) is 0 Å². The Morgan fingerprint density at radius 1 is 1.35 bits per heavy atom. The molecular weight excluding hydrogens is 260 g/mol. The van der Waals surface area contributed by atoms with Crippen LogP contribution in [0.5, 0.6) is 0 Å². The van der Waals surface area contributed by atoms with Gasteiger partial charge in [0.15, 0.2) is 0 Å². The molecule has 0 aliphatic carbocycles. The number of carboxylic acid groups (broad SMARTS) is 1. The van der Waals surface area contributed by atoms with Crippen LogP contribution in [0.25, 0.3) is 0 Å². The molecule has 1 aliphatic heterocycles. The summed E-state index contributed by atoms with van der Waals surface area (Å²) in [5.41, 5.74) is 1.25. The second-order valence-electron chi connectivity index (χ2n) is 4.83. The van der Waals surface area contributed by atoms with Crippen molar-refractivity contribution in [1.29, 1.82) is 0 Å². The Labute approximate surface area is 116 Å². The van der Waals surface area contributed by atoms with E-state index in [9.17, 15) is 19.5 Å². The lowest BCUT2D eigenvalue weighted by Gasteiger charge is -2.21. The Hall–Kier alpha value is -2.37. The number of aliphatic carboxylic acids is 1. The van der Waals surface area contributed by atoms with Gasteiger partial charge in [-0.15, -0.1) is 0 Å². The van der Waals surface area contributed by atoms with Crippen LogP contribution in [0.15, 0.2) is 24.3 Å². The Balaban J connectivity index is 2.24. The first-order valence-electron chi connectivity index (χ1n) is 6.25. The minimum absolute atomic E-state index is 0.0595. The van der Waals surface area contributed by atoms with E-state index in [1.807, 2.05) is 0 Å². The largest absolute Gasteiger partial charge is 0.481 e. The molecule has 1 heterocycles. The molecule has 2 rings (SSSR count). The van der Waals surface area contributed by atoms with Gasteiger partial charge in [0.1, 0.15) is 5.92 Å². The number of benzene rings is 1. The summed E-state index contributed by atoms with van der Waals surface area (Å²) in [5, 5.41) is 9.23. The monoisotopic (exact) mass is 276 g/mol. The van der Waals surface area contributed by atoms with E-state index in [0.29, 0.717) is 11.3 Å². The maximum Gasteiger partial charge on any atom is 0.312 e. The lowest BCUT2D eigenvalue weighted by Crippen LogP contribution is -2.40. The smallest absolute Gasteiger partial charge is 0.312 e. The van der Waals surface area contributed by atoms with E-state index in [4.69, 9.17) is 0 Å². The van der Waals surface area contributed by atoms with E-state index < -0.39 is 11.9 Å². The fraction of sp³-hybridized carbons (Fsp3) is 0.357. The van der Waals surface area contributed by atoms with Crippen LogP contribution in [0.1, 0.15) is 18.4 Å². The maximum atomic E-state index is 12.2. The first-order valence-corrected chi connectivity index (χ1v) is 6.25. The lowest BCUT2D eigenvalue weighted by molar-refractivity contribution is -0.138. The molecule has 1 N–H and O–H groups in total. The van der Waals surface area contributed by atoms with Crippen LogP contribution in [0.3, 0.4) is 0 Å².